The Labute approximate surface area is 364 Å². The summed E-state index contributed by atoms with van der Waals surface area (Å²) in [5.41, 5.74) is 20.1. The summed E-state index contributed by atoms with van der Waals surface area (Å²) < 4.78 is 8.96. The molecule has 0 radical (unpaired) electrons. The highest BCUT2D eigenvalue weighted by Gasteiger charge is 2.52. The lowest BCUT2D eigenvalue weighted by atomic mass is 9.70. The van der Waals surface area contributed by atoms with Crippen molar-refractivity contribution in [3.05, 3.63) is 228 Å². The van der Waals surface area contributed by atoms with Crippen molar-refractivity contribution in [1.29, 1.82) is 0 Å². The number of fused-ring (bicyclic) bond motifs is 17. The number of aryl methyl sites for hydroxylation is 1. The molecule has 0 saturated heterocycles. The van der Waals surface area contributed by atoms with Crippen LogP contribution in [0, 0.1) is 0 Å². The van der Waals surface area contributed by atoms with Gasteiger partial charge in [0.15, 0.2) is 5.82 Å². The summed E-state index contributed by atoms with van der Waals surface area (Å²) in [5.74, 6) is 1.72. The van der Waals surface area contributed by atoms with Crippen molar-refractivity contribution in [2.75, 3.05) is 0 Å². The third kappa shape index (κ3) is 4.70. The highest BCUT2D eigenvalue weighted by molar-refractivity contribution is 6.17. The number of hydrogen-bond donors (Lipinski definition) is 0. The molecule has 8 aromatic carbocycles. The maximum Gasteiger partial charge on any atom is 0.162 e. The molecule has 0 saturated carbocycles. The number of allylic oxidation sites excluding steroid dienone is 1. The molecule has 4 heteroatoms. The summed E-state index contributed by atoms with van der Waals surface area (Å²) in [6.07, 6.45) is 6.35. The first-order valence-electron chi connectivity index (χ1n) is 21.9. The second-order valence-corrected chi connectivity index (χ2v) is 17.1. The number of hydrogen-bond acceptors (Lipinski definition) is 3. The molecular weight excluding hydrogens is 767 g/mol. The van der Waals surface area contributed by atoms with Crippen LogP contribution < -0.4 is 0 Å². The van der Waals surface area contributed by atoms with Gasteiger partial charge in [-0.25, -0.2) is 9.97 Å². The predicted octanol–water partition coefficient (Wildman–Crippen LogP) is 14.6. The van der Waals surface area contributed by atoms with E-state index in [0.29, 0.717) is 5.82 Å². The van der Waals surface area contributed by atoms with Crippen LogP contribution in [-0.2, 0) is 11.8 Å². The number of nitrogens with zero attached hydrogens (tertiary/aromatic N) is 3. The molecule has 3 heterocycles. The molecule has 3 aliphatic carbocycles. The number of furan rings is 1. The van der Waals surface area contributed by atoms with Crippen molar-refractivity contribution in [2.45, 2.75) is 18.3 Å². The predicted molar refractivity (Wildman–Crippen MR) is 256 cm³/mol. The molecule has 0 bridgehead atoms. The van der Waals surface area contributed by atoms with Crippen LogP contribution in [-0.4, -0.2) is 14.5 Å². The van der Waals surface area contributed by atoms with Crippen LogP contribution in [0.25, 0.3) is 101 Å². The van der Waals surface area contributed by atoms with Crippen molar-refractivity contribution in [2.24, 2.45) is 0 Å². The largest absolute Gasteiger partial charge is 0.460 e. The van der Waals surface area contributed by atoms with Crippen LogP contribution in [0.4, 0.5) is 0 Å². The highest BCUT2D eigenvalue weighted by Crippen LogP contribution is 2.64. The molecule has 0 N–H and O–H groups in total. The fourth-order valence-electron chi connectivity index (χ4n) is 11.3. The molecule has 0 amide bonds. The Hall–Kier alpha value is -8.08. The Balaban J connectivity index is 1.05. The van der Waals surface area contributed by atoms with Crippen molar-refractivity contribution < 1.29 is 4.42 Å². The number of para-hydroxylation sites is 2. The average molecular weight is 804 g/mol. The fraction of sp³-hybridized carbons (Fsp3) is 0.0508. The Kier molecular flexibility index (Phi) is 7.12. The zero-order valence-electron chi connectivity index (χ0n) is 34.2. The minimum absolute atomic E-state index is 0.458. The van der Waals surface area contributed by atoms with Gasteiger partial charge in [-0.2, -0.15) is 0 Å². The van der Waals surface area contributed by atoms with Gasteiger partial charge in [-0.15, -0.1) is 0 Å². The van der Waals surface area contributed by atoms with Crippen LogP contribution in [0.3, 0.4) is 0 Å². The first-order valence-corrected chi connectivity index (χ1v) is 21.9. The first kappa shape index (κ1) is 34.6. The lowest BCUT2D eigenvalue weighted by molar-refractivity contribution is 0.546. The maximum absolute atomic E-state index is 6.47. The van der Waals surface area contributed by atoms with Crippen LogP contribution in [0.2, 0.25) is 0 Å². The first-order chi connectivity index (χ1) is 31.3. The molecule has 0 aliphatic heterocycles. The van der Waals surface area contributed by atoms with Gasteiger partial charge >= 0.3 is 0 Å². The molecule has 11 aromatic rings. The standard InChI is InChI=1S/C59H37N3O/c1-2-16-36(17-3-1)50-35-51(37-30-31-42-41-21-9-15-29-54(41)63-55(42)34-37)61-58(60-50)45-23-8-14-28-53(45)62-52-27-13-7-20-40(52)43-32-33-49-56(57(43)62)44-22-6-12-26-48(44)59(49)46-24-10-4-18-38(46)39-19-5-11-25-47(39)59/h1-14,16-28,30-35H,15,29H2. The fourth-order valence-corrected chi connectivity index (χ4v) is 11.3. The molecule has 294 valence electrons. The molecule has 3 aliphatic rings. The Morgan fingerprint density at radius 3 is 1.92 bits per heavy atom. The summed E-state index contributed by atoms with van der Waals surface area (Å²) in [4.78, 5) is 10.9. The Bertz CT molecular complexity index is 3710. The van der Waals surface area contributed by atoms with E-state index >= 15 is 0 Å². The van der Waals surface area contributed by atoms with E-state index in [1.807, 2.05) is 0 Å². The van der Waals surface area contributed by atoms with E-state index < -0.39 is 5.41 Å². The SMILES string of the molecule is C1=Cc2c(oc3cc(-c4cc(-c5ccccc5)nc(-c5ccccc5-n5c6ccccc6c6ccc7c(c65)-c5ccccc5C75c6ccccc6-c6ccccc65)n4)ccc23)CC1. The van der Waals surface area contributed by atoms with E-state index in [4.69, 9.17) is 14.4 Å². The van der Waals surface area contributed by atoms with Gasteiger partial charge in [-0.1, -0.05) is 164 Å². The summed E-state index contributed by atoms with van der Waals surface area (Å²) >= 11 is 0. The smallest absolute Gasteiger partial charge is 0.162 e. The Morgan fingerprint density at radius 2 is 1.13 bits per heavy atom. The maximum atomic E-state index is 6.47. The highest BCUT2D eigenvalue weighted by atomic mass is 16.3. The van der Waals surface area contributed by atoms with Gasteiger partial charge in [0.2, 0.25) is 0 Å². The molecule has 0 atom stereocenters. The third-order valence-corrected chi connectivity index (χ3v) is 13.9. The lowest BCUT2D eigenvalue weighted by Crippen LogP contribution is -2.25. The summed E-state index contributed by atoms with van der Waals surface area (Å²) in [5, 5.41) is 3.56. The van der Waals surface area contributed by atoms with E-state index in [1.165, 1.54) is 66.4 Å². The number of aromatic nitrogens is 3. The van der Waals surface area contributed by atoms with E-state index in [0.717, 1.165) is 68.9 Å². The molecule has 63 heavy (non-hydrogen) atoms. The van der Waals surface area contributed by atoms with Gasteiger partial charge in [0, 0.05) is 50.4 Å². The molecular formula is C59H37N3O. The van der Waals surface area contributed by atoms with Crippen molar-refractivity contribution in [3.8, 4) is 61.8 Å². The van der Waals surface area contributed by atoms with Crippen molar-refractivity contribution in [3.63, 3.8) is 0 Å². The van der Waals surface area contributed by atoms with Crippen molar-refractivity contribution >= 4 is 38.9 Å². The Morgan fingerprint density at radius 1 is 0.492 bits per heavy atom. The molecule has 0 fully saturated rings. The van der Waals surface area contributed by atoms with Crippen molar-refractivity contribution in [1.82, 2.24) is 14.5 Å². The van der Waals surface area contributed by atoms with Gasteiger partial charge in [0.05, 0.1) is 33.5 Å². The number of rotatable bonds is 4. The molecule has 1 spiro atoms. The van der Waals surface area contributed by atoms with Gasteiger partial charge in [0.1, 0.15) is 11.3 Å². The zero-order valence-corrected chi connectivity index (χ0v) is 34.2. The lowest BCUT2D eigenvalue weighted by Gasteiger charge is -2.30. The molecule has 0 unspecified atom stereocenters. The van der Waals surface area contributed by atoms with Gasteiger partial charge < -0.3 is 8.98 Å². The van der Waals surface area contributed by atoms with Crippen LogP contribution >= 0.6 is 0 Å². The van der Waals surface area contributed by atoms with Gasteiger partial charge in [-0.05, 0) is 81.8 Å². The normalized spacial score (nSPS) is 14.0. The van der Waals surface area contributed by atoms with Crippen LogP contribution in [0.5, 0.6) is 0 Å². The monoisotopic (exact) mass is 803 g/mol. The molecule has 3 aromatic heterocycles. The minimum atomic E-state index is -0.458. The molecule has 14 rings (SSSR count). The van der Waals surface area contributed by atoms with E-state index in [2.05, 4.69) is 205 Å². The van der Waals surface area contributed by atoms with E-state index in [9.17, 15) is 0 Å². The van der Waals surface area contributed by atoms with Gasteiger partial charge in [-0.3, -0.25) is 0 Å². The van der Waals surface area contributed by atoms with E-state index in [-0.39, 0.29) is 0 Å². The van der Waals surface area contributed by atoms with E-state index in [1.54, 1.807) is 0 Å². The van der Waals surface area contributed by atoms with Crippen LogP contribution in [0.1, 0.15) is 40.0 Å². The summed E-state index contributed by atoms with van der Waals surface area (Å²) in [7, 11) is 0. The summed E-state index contributed by atoms with van der Waals surface area (Å²) in [6.45, 7) is 0. The van der Waals surface area contributed by atoms with Gasteiger partial charge in [0.25, 0.3) is 0 Å². The second kappa shape index (κ2) is 13.0. The molecule has 4 nitrogen and oxygen atoms in total. The quantitative estimate of drug-likeness (QED) is 0.178. The third-order valence-electron chi connectivity index (χ3n) is 13.9. The number of benzene rings is 8. The average Bonchev–Trinajstić information content (AvgIpc) is 4.07. The summed E-state index contributed by atoms with van der Waals surface area (Å²) in [6, 6.07) is 68.5. The topological polar surface area (TPSA) is 43.9 Å². The zero-order chi connectivity index (χ0) is 41.2. The second-order valence-electron chi connectivity index (χ2n) is 17.1. The van der Waals surface area contributed by atoms with Crippen LogP contribution in [0.15, 0.2) is 199 Å². The minimum Gasteiger partial charge on any atom is -0.460 e.